The molecule has 0 saturated carbocycles. The van der Waals surface area contributed by atoms with Gasteiger partial charge in [0.05, 0.1) is 12.3 Å². The summed E-state index contributed by atoms with van der Waals surface area (Å²) in [7, 11) is 1.51. The Bertz CT molecular complexity index is 943. The van der Waals surface area contributed by atoms with Crippen molar-refractivity contribution >= 4 is 23.7 Å². The van der Waals surface area contributed by atoms with E-state index >= 15 is 0 Å². The van der Waals surface area contributed by atoms with Crippen LogP contribution >= 0.6 is 0 Å². The number of carbonyl (C=O) groups excluding carboxylic acids is 1. The smallest absolute Gasteiger partial charge is 0.437 e. The van der Waals surface area contributed by atoms with Crippen molar-refractivity contribution in [3.63, 3.8) is 0 Å². The van der Waals surface area contributed by atoms with Crippen molar-refractivity contribution in [2.24, 2.45) is 21.6 Å². The van der Waals surface area contributed by atoms with Gasteiger partial charge in [-0.25, -0.2) is 19.2 Å². The molecule has 1 aliphatic heterocycles. The predicted molar refractivity (Wildman–Crippen MR) is 105 cm³/mol. The number of rotatable bonds is 5. The molecule has 1 aromatic carbocycles. The molecule has 29 heavy (non-hydrogen) atoms. The molecule has 0 bridgehead atoms. The van der Waals surface area contributed by atoms with Crippen molar-refractivity contribution in [3.05, 3.63) is 42.0 Å². The molecule has 1 aliphatic rings. The van der Waals surface area contributed by atoms with Crippen LogP contribution in [0.5, 0.6) is 0 Å². The summed E-state index contributed by atoms with van der Waals surface area (Å²) in [6.45, 7) is 0.994. The molecule has 10 nitrogen and oxygen atoms in total. The number of ether oxygens (including phenoxy) is 1. The fourth-order valence-electron chi connectivity index (χ4n) is 2.83. The topological polar surface area (TPSA) is 141 Å². The van der Waals surface area contributed by atoms with Gasteiger partial charge in [-0.05, 0) is 0 Å². The predicted octanol–water partition coefficient (Wildman–Crippen LogP) is 1.41. The quantitative estimate of drug-likeness (QED) is 0.435. The highest BCUT2D eigenvalue weighted by Crippen LogP contribution is 2.25. The van der Waals surface area contributed by atoms with Crippen molar-refractivity contribution in [1.29, 1.82) is 0 Å². The molecule has 152 valence electrons. The Morgan fingerprint density at radius 3 is 2.76 bits per heavy atom. The number of amides is 1. The first-order chi connectivity index (χ1) is 14.0. The molecule has 0 radical (unpaired) electrons. The van der Waals surface area contributed by atoms with E-state index in [1.165, 1.54) is 13.2 Å². The number of aliphatic imine (C=N–C) groups is 1. The van der Waals surface area contributed by atoms with Crippen molar-refractivity contribution < 1.29 is 18.8 Å². The standard InChI is InChI=1S/C18H20FN7O3/c1-28-25-13-5-6-26(9-13)17-22-7-12(8-23-17)14-4-2-3-11(15(14)19)10-29-18(27)24-16(20)21/h2-4,7-8H,5-6,9-10H2,1H3,(H4,20,21,24,27). The number of nitrogens with zero attached hydrogens (tertiary/aromatic N) is 5. The average molecular weight is 401 g/mol. The number of hydrogen-bond donors (Lipinski definition) is 2. The van der Waals surface area contributed by atoms with Crippen molar-refractivity contribution in [2.45, 2.75) is 13.0 Å². The van der Waals surface area contributed by atoms with Gasteiger partial charge in [0, 0.05) is 42.0 Å². The highest BCUT2D eigenvalue weighted by molar-refractivity contribution is 5.91. The molecule has 1 aromatic heterocycles. The summed E-state index contributed by atoms with van der Waals surface area (Å²) in [6.07, 6.45) is 2.86. The summed E-state index contributed by atoms with van der Waals surface area (Å²) in [4.78, 5) is 30.0. The second-order valence-corrected chi connectivity index (χ2v) is 6.15. The molecule has 1 fully saturated rings. The first kappa shape index (κ1) is 20.0. The summed E-state index contributed by atoms with van der Waals surface area (Å²) in [6, 6.07) is 4.73. The van der Waals surface area contributed by atoms with Crippen LogP contribution in [0.4, 0.5) is 15.1 Å². The Labute approximate surface area is 166 Å². The van der Waals surface area contributed by atoms with E-state index in [0.29, 0.717) is 18.1 Å². The number of carbonyl (C=O) groups is 1. The second kappa shape index (κ2) is 8.95. The lowest BCUT2D eigenvalue weighted by molar-refractivity contribution is 0.149. The number of hydrogen-bond acceptors (Lipinski definition) is 7. The zero-order chi connectivity index (χ0) is 20.8. The van der Waals surface area contributed by atoms with Crippen LogP contribution in [0.25, 0.3) is 11.1 Å². The van der Waals surface area contributed by atoms with E-state index in [-0.39, 0.29) is 17.7 Å². The zero-order valence-corrected chi connectivity index (χ0v) is 15.7. The van der Waals surface area contributed by atoms with Crippen LogP contribution in [0, 0.1) is 5.82 Å². The van der Waals surface area contributed by atoms with E-state index < -0.39 is 17.9 Å². The monoisotopic (exact) mass is 401 g/mol. The van der Waals surface area contributed by atoms with E-state index in [1.807, 2.05) is 4.90 Å². The summed E-state index contributed by atoms with van der Waals surface area (Å²) in [5.41, 5.74) is 12.1. The summed E-state index contributed by atoms with van der Waals surface area (Å²) >= 11 is 0. The molecule has 0 unspecified atom stereocenters. The first-order valence-corrected chi connectivity index (χ1v) is 8.68. The van der Waals surface area contributed by atoms with Crippen molar-refractivity contribution in [2.75, 3.05) is 25.1 Å². The van der Waals surface area contributed by atoms with Gasteiger partial charge in [-0.2, -0.15) is 0 Å². The number of halogens is 1. The van der Waals surface area contributed by atoms with Gasteiger partial charge in [0.1, 0.15) is 19.5 Å². The Morgan fingerprint density at radius 2 is 2.07 bits per heavy atom. The van der Waals surface area contributed by atoms with Gasteiger partial charge in [-0.15, -0.1) is 4.99 Å². The van der Waals surface area contributed by atoms with Crippen LogP contribution < -0.4 is 16.4 Å². The molecular weight excluding hydrogens is 381 g/mol. The largest absolute Gasteiger partial charge is 0.443 e. The van der Waals surface area contributed by atoms with Crippen LogP contribution in [0.1, 0.15) is 12.0 Å². The third-order valence-corrected chi connectivity index (χ3v) is 4.15. The maximum absolute atomic E-state index is 14.8. The van der Waals surface area contributed by atoms with Crippen LogP contribution in [0.15, 0.2) is 40.7 Å². The van der Waals surface area contributed by atoms with Crippen LogP contribution in [0.2, 0.25) is 0 Å². The Morgan fingerprint density at radius 1 is 1.31 bits per heavy atom. The maximum Gasteiger partial charge on any atom is 0.437 e. The lowest BCUT2D eigenvalue weighted by Gasteiger charge is -2.14. The lowest BCUT2D eigenvalue weighted by atomic mass is 10.1. The first-order valence-electron chi connectivity index (χ1n) is 8.68. The van der Waals surface area contributed by atoms with Crippen LogP contribution in [0.3, 0.4) is 0 Å². The minimum absolute atomic E-state index is 0.172. The summed E-state index contributed by atoms with van der Waals surface area (Å²) < 4.78 is 19.7. The number of nitrogens with two attached hydrogens (primary N) is 2. The number of guanidine groups is 1. The molecular formula is C18H20FN7O3. The third kappa shape index (κ3) is 4.94. The molecule has 2 heterocycles. The molecule has 11 heteroatoms. The maximum atomic E-state index is 14.8. The fraction of sp³-hybridized carbons (Fsp3) is 0.278. The average Bonchev–Trinajstić information content (AvgIpc) is 3.16. The second-order valence-electron chi connectivity index (χ2n) is 6.15. The number of aromatic nitrogens is 2. The number of anilines is 1. The van der Waals surface area contributed by atoms with Gasteiger partial charge in [0.25, 0.3) is 0 Å². The molecule has 2 aromatic rings. The van der Waals surface area contributed by atoms with Gasteiger partial charge in [0.2, 0.25) is 5.95 Å². The van der Waals surface area contributed by atoms with E-state index in [4.69, 9.17) is 21.0 Å². The summed E-state index contributed by atoms with van der Waals surface area (Å²) in [5, 5.41) is 3.94. The van der Waals surface area contributed by atoms with Gasteiger partial charge >= 0.3 is 6.09 Å². The number of benzene rings is 1. The molecule has 3 rings (SSSR count). The van der Waals surface area contributed by atoms with Crippen molar-refractivity contribution in [1.82, 2.24) is 9.97 Å². The van der Waals surface area contributed by atoms with E-state index in [0.717, 1.165) is 18.7 Å². The molecule has 0 aliphatic carbocycles. The van der Waals surface area contributed by atoms with Gasteiger partial charge in [-0.3, -0.25) is 0 Å². The molecule has 4 N–H and O–H groups in total. The SMILES string of the molecule is CON=C1CCN(c2ncc(-c3cccc(COC(=O)N=C(N)N)c3F)cn2)C1. The molecule has 0 spiro atoms. The Hall–Kier alpha value is -3.76. The van der Waals surface area contributed by atoms with Crippen molar-refractivity contribution in [3.8, 4) is 11.1 Å². The third-order valence-electron chi connectivity index (χ3n) is 4.15. The van der Waals surface area contributed by atoms with Gasteiger partial charge in [0.15, 0.2) is 5.96 Å². The molecule has 1 saturated heterocycles. The minimum Gasteiger partial charge on any atom is -0.443 e. The Balaban J connectivity index is 1.73. The number of oxime groups is 1. The summed E-state index contributed by atoms with van der Waals surface area (Å²) in [5.74, 6) is -0.449. The lowest BCUT2D eigenvalue weighted by Crippen LogP contribution is -2.24. The minimum atomic E-state index is -0.996. The van der Waals surface area contributed by atoms with Gasteiger partial charge < -0.3 is 25.9 Å². The molecule has 1 amide bonds. The fourth-order valence-corrected chi connectivity index (χ4v) is 2.83. The highest BCUT2D eigenvalue weighted by Gasteiger charge is 2.21. The zero-order valence-electron chi connectivity index (χ0n) is 15.7. The highest BCUT2D eigenvalue weighted by atomic mass is 19.1. The van der Waals surface area contributed by atoms with Crippen LogP contribution in [-0.4, -0.2) is 47.9 Å². The van der Waals surface area contributed by atoms with E-state index in [2.05, 4.69) is 20.1 Å². The van der Waals surface area contributed by atoms with E-state index in [1.54, 1.807) is 24.5 Å². The Kier molecular flexibility index (Phi) is 6.17. The van der Waals surface area contributed by atoms with Crippen LogP contribution in [-0.2, 0) is 16.2 Å². The van der Waals surface area contributed by atoms with E-state index in [9.17, 15) is 9.18 Å². The molecule has 0 atom stereocenters. The van der Waals surface area contributed by atoms with Gasteiger partial charge in [-0.1, -0.05) is 23.4 Å². The normalized spacial score (nSPS) is 14.7.